The summed E-state index contributed by atoms with van der Waals surface area (Å²) in [5, 5.41) is 0. The summed E-state index contributed by atoms with van der Waals surface area (Å²) < 4.78 is 10.9. The first-order valence-corrected chi connectivity index (χ1v) is 6.63. The van der Waals surface area contributed by atoms with Crippen LogP contribution in [0.4, 0.5) is 0 Å². The first-order valence-electron chi connectivity index (χ1n) is 6.63. The molecule has 0 N–H and O–H groups in total. The van der Waals surface area contributed by atoms with E-state index in [4.69, 9.17) is 9.47 Å². The van der Waals surface area contributed by atoms with Gasteiger partial charge in [0.25, 0.3) is 5.79 Å². The molecule has 0 radical (unpaired) electrons. The van der Waals surface area contributed by atoms with Crippen LogP contribution in [0.2, 0.25) is 0 Å². The standard InChI is InChI=1S/C15H18O4/c1-3-11-7-5-6-8-12(11)15(4-2)18-13(16)9-10-14(17)19-15/h5-8H,3-4,9-10H2,1-2H3. The minimum Gasteiger partial charge on any atom is -0.418 e. The Bertz CT molecular complexity index is 475. The molecule has 0 aromatic heterocycles. The van der Waals surface area contributed by atoms with Crippen molar-refractivity contribution in [1.82, 2.24) is 0 Å². The van der Waals surface area contributed by atoms with Crippen molar-refractivity contribution in [3.8, 4) is 0 Å². The largest absolute Gasteiger partial charge is 0.418 e. The number of aryl methyl sites for hydroxylation is 1. The van der Waals surface area contributed by atoms with Gasteiger partial charge in [-0.15, -0.1) is 0 Å². The summed E-state index contributed by atoms with van der Waals surface area (Å²) in [6.45, 7) is 3.86. The lowest BCUT2D eigenvalue weighted by Crippen LogP contribution is -2.35. The van der Waals surface area contributed by atoms with Crippen molar-refractivity contribution < 1.29 is 19.1 Å². The van der Waals surface area contributed by atoms with Crippen LogP contribution in [-0.2, 0) is 31.3 Å². The van der Waals surface area contributed by atoms with Gasteiger partial charge in [0.15, 0.2) is 0 Å². The van der Waals surface area contributed by atoms with Gasteiger partial charge in [-0.3, -0.25) is 9.59 Å². The van der Waals surface area contributed by atoms with Crippen molar-refractivity contribution in [1.29, 1.82) is 0 Å². The highest BCUT2D eigenvalue weighted by Gasteiger charge is 2.42. The van der Waals surface area contributed by atoms with Crippen molar-refractivity contribution >= 4 is 11.9 Å². The summed E-state index contributed by atoms with van der Waals surface area (Å²) in [6.07, 6.45) is 1.35. The van der Waals surface area contributed by atoms with Gasteiger partial charge in [0.1, 0.15) is 0 Å². The van der Waals surface area contributed by atoms with E-state index in [9.17, 15) is 9.59 Å². The van der Waals surface area contributed by atoms with Gasteiger partial charge < -0.3 is 9.47 Å². The molecule has 0 amide bonds. The SMILES string of the molecule is CCc1ccccc1C1(CC)OC(=O)CCC(=O)O1. The molecule has 1 fully saturated rings. The van der Waals surface area contributed by atoms with Crippen LogP contribution in [0.25, 0.3) is 0 Å². The number of cyclic esters (lactones) is 2. The van der Waals surface area contributed by atoms with Gasteiger partial charge in [-0.25, -0.2) is 0 Å². The van der Waals surface area contributed by atoms with E-state index in [0.29, 0.717) is 6.42 Å². The monoisotopic (exact) mass is 262 g/mol. The molecular weight excluding hydrogens is 244 g/mol. The van der Waals surface area contributed by atoms with Gasteiger partial charge in [0.05, 0.1) is 12.8 Å². The Morgan fingerprint density at radius 1 is 1.05 bits per heavy atom. The molecule has 19 heavy (non-hydrogen) atoms. The van der Waals surface area contributed by atoms with Gasteiger partial charge in [-0.1, -0.05) is 38.1 Å². The fourth-order valence-corrected chi connectivity index (χ4v) is 2.34. The van der Waals surface area contributed by atoms with Crippen molar-refractivity contribution in [3.63, 3.8) is 0 Å². The summed E-state index contributed by atoms with van der Waals surface area (Å²) in [4.78, 5) is 23.4. The minimum absolute atomic E-state index is 0.0782. The highest BCUT2D eigenvalue weighted by molar-refractivity contribution is 5.80. The zero-order valence-corrected chi connectivity index (χ0v) is 11.3. The lowest BCUT2D eigenvalue weighted by Gasteiger charge is -2.32. The number of hydrogen-bond donors (Lipinski definition) is 0. The third-order valence-corrected chi connectivity index (χ3v) is 3.36. The van der Waals surface area contributed by atoms with E-state index in [2.05, 4.69) is 0 Å². The molecule has 1 heterocycles. The Kier molecular flexibility index (Phi) is 3.88. The van der Waals surface area contributed by atoms with Crippen LogP contribution in [-0.4, -0.2) is 11.9 Å². The van der Waals surface area contributed by atoms with E-state index in [1.165, 1.54) is 0 Å². The van der Waals surface area contributed by atoms with E-state index in [1.807, 2.05) is 38.1 Å². The van der Waals surface area contributed by atoms with Crippen LogP contribution in [0.15, 0.2) is 24.3 Å². The quantitative estimate of drug-likeness (QED) is 0.786. The van der Waals surface area contributed by atoms with Crippen LogP contribution in [0.5, 0.6) is 0 Å². The van der Waals surface area contributed by atoms with Crippen LogP contribution in [0, 0.1) is 0 Å². The molecule has 0 spiro atoms. The molecule has 1 saturated heterocycles. The van der Waals surface area contributed by atoms with Crippen LogP contribution in [0.1, 0.15) is 44.2 Å². The van der Waals surface area contributed by atoms with Crippen molar-refractivity contribution in [2.45, 2.75) is 45.3 Å². The van der Waals surface area contributed by atoms with Crippen molar-refractivity contribution in [2.24, 2.45) is 0 Å². The zero-order valence-electron chi connectivity index (χ0n) is 11.3. The van der Waals surface area contributed by atoms with Crippen molar-refractivity contribution in [3.05, 3.63) is 35.4 Å². The maximum Gasteiger partial charge on any atom is 0.309 e. The van der Waals surface area contributed by atoms with E-state index >= 15 is 0 Å². The third kappa shape index (κ3) is 2.62. The summed E-state index contributed by atoms with van der Waals surface area (Å²) >= 11 is 0. The molecule has 0 unspecified atom stereocenters. The highest BCUT2D eigenvalue weighted by atomic mass is 16.7. The molecule has 1 aliphatic heterocycles. The second kappa shape index (κ2) is 5.43. The Balaban J connectivity index is 2.50. The molecular formula is C15H18O4. The molecule has 0 saturated carbocycles. The lowest BCUT2D eigenvalue weighted by atomic mass is 9.95. The van der Waals surface area contributed by atoms with E-state index in [1.54, 1.807) is 0 Å². The van der Waals surface area contributed by atoms with Gasteiger partial charge in [-0.05, 0) is 12.0 Å². The van der Waals surface area contributed by atoms with Crippen LogP contribution in [0.3, 0.4) is 0 Å². The lowest BCUT2D eigenvalue weighted by molar-refractivity contribution is -0.229. The normalized spacial score (nSPS) is 18.4. The Labute approximate surface area is 112 Å². The van der Waals surface area contributed by atoms with E-state index in [-0.39, 0.29) is 12.8 Å². The molecule has 1 aromatic rings. The number of rotatable bonds is 3. The number of ether oxygens (including phenoxy) is 2. The first kappa shape index (κ1) is 13.6. The summed E-state index contributed by atoms with van der Waals surface area (Å²) in [6, 6.07) is 7.60. The number of carbonyl (C=O) groups is 2. The molecule has 1 aromatic carbocycles. The number of hydrogen-bond acceptors (Lipinski definition) is 4. The summed E-state index contributed by atoms with van der Waals surface area (Å²) in [5.74, 6) is -2.05. The van der Waals surface area contributed by atoms with Gasteiger partial charge in [-0.2, -0.15) is 0 Å². The molecule has 1 aliphatic rings. The van der Waals surface area contributed by atoms with Gasteiger partial charge >= 0.3 is 11.9 Å². The molecule has 2 rings (SSSR count). The first-order chi connectivity index (χ1) is 9.11. The maximum atomic E-state index is 11.7. The third-order valence-electron chi connectivity index (χ3n) is 3.36. The summed E-state index contributed by atoms with van der Waals surface area (Å²) in [7, 11) is 0. The zero-order chi connectivity index (χ0) is 13.9. The maximum absolute atomic E-state index is 11.7. The molecule has 0 aliphatic carbocycles. The predicted molar refractivity (Wildman–Crippen MR) is 69.2 cm³/mol. The Morgan fingerprint density at radius 2 is 1.63 bits per heavy atom. The number of esters is 2. The van der Waals surface area contributed by atoms with Gasteiger partial charge in [0, 0.05) is 12.0 Å². The molecule has 102 valence electrons. The molecule has 4 nitrogen and oxygen atoms in total. The number of benzene rings is 1. The Morgan fingerprint density at radius 3 is 2.16 bits per heavy atom. The molecule has 0 atom stereocenters. The highest BCUT2D eigenvalue weighted by Crippen LogP contribution is 2.36. The molecule has 4 heteroatoms. The van der Waals surface area contributed by atoms with Crippen LogP contribution < -0.4 is 0 Å². The number of carbonyl (C=O) groups excluding carboxylic acids is 2. The smallest absolute Gasteiger partial charge is 0.309 e. The summed E-state index contributed by atoms with van der Waals surface area (Å²) in [5.41, 5.74) is 1.79. The average Bonchev–Trinajstić information content (AvgIpc) is 2.58. The van der Waals surface area contributed by atoms with Crippen molar-refractivity contribution in [2.75, 3.05) is 0 Å². The fourth-order valence-electron chi connectivity index (χ4n) is 2.34. The second-order valence-corrected chi connectivity index (χ2v) is 4.57. The topological polar surface area (TPSA) is 52.6 Å². The van der Waals surface area contributed by atoms with Gasteiger partial charge in [0.2, 0.25) is 0 Å². The van der Waals surface area contributed by atoms with Crippen LogP contribution >= 0.6 is 0 Å². The minimum atomic E-state index is -1.27. The average molecular weight is 262 g/mol. The van der Waals surface area contributed by atoms with E-state index < -0.39 is 17.7 Å². The predicted octanol–water partition coefficient (Wildman–Crippen LogP) is 2.69. The Hall–Kier alpha value is -1.84. The molecule has 0 bridgehead atoms. The second-order valence-electron chi connectivity index (χ2n) is 4.57. The fraction of sp³-hybridized carbons (Fsp3) is 0.467. The van der Waals surface area contributed by atoms with E-state index in [0.717, 1.165) is 17.5 Å².